The first-order valence-electron chi connectivity index (χ1n) is 9.05. The minimum atomic E-state index is -0.356. The third-order valence-electron chi connectivity index (χ3n) is 5.34. The van der Waals surface area contributed by atoms with Gasteiger partial charge >= 0.3 is 6.09 Å². The molecule has 136 valence electrons. The maximum absolute atomic E-state index is 12.4. The number of benzene rings is 1. The second kappa shape index (κ2) is 6.68. The largest absolute Gasteiger partial charge is 0.445 e. The Morgan fingerprint density at radius 3 is 2.77 bits per heavy atom. The van der Waals surface area contributed by atoms with Crippen molar-refractivity contribution in [3.05, 3.63) is 58.9 Å². The molecule has 2 aliphatic rings. The number of hydrogen-bond donors (Lipinski definition) is 0. The number of carbonyl (C=O) groups is 1. The van der Waals surface area contributed by atoms with Crippen LogP contribution in [-0.4, -0.2) is 34.3 Å². The summed E-state index contributed by atoms with van der Waals surface area (Å²) >= 11 is 0. The number of carbonyl (C=O) groups excluding carboxylic acids is 1. The molecule has 1 aromatic heterocycles. The Balaban J connectivity index is 1.41. The second-order valence-electron chi connectivity index (χ2n) is 7.07. The Bertz CT molecular complexity index is 801. The highest BCUT2D eigenvalue weighted by Crippen LogP contribution is 2.49. The first-order valence-corrected chi connectivity index (χ1v) is 9.05. The van der Waals surface area contributed by atoms with E-state index in [0.29, 0.717) is 19.7 Å². The van der Waals surface area contributed by atoms with Gasteiger partial charge in [-0.15, -0.1) is 0 Å². The summed E-state index contributed by atoms with van der Waals surface area (Å²) in [6, 6.07) is 9.73. The third-order valence-corrected chi connectivity index (χ3v) is 5.34. The van der Waals surface area contributed by atoms with Gasteiger partial charge in [0.25, 0.3) is 0 Å². The summed E-state index contributed by atoms with van der Waals surface area (Å²) in [4.78, 5) is 14.2. The number of likely N-dealkylation sites (tertiary alicyclic amines) is 1. The fourth-order valence-corrected chi connectivity index (χ4v) is 4.05. The monoisotopic (exact) mass is 353 g/mol. The maximum atomic E-state index is 12.4. The summed E-state index contributed by atoms with van der Waals surface area (Å²) < 4.78 is 11.8. The smallest absolute Gasteiger partial charge is 0.410 e. The Labute approximate surface area is 153 Å². The average Bonchev–Trinajstić information content (AvgIpc) is 2.94. The topological polar surface area (TPSA) is 64.6 Å². The van der Waals surface area contributed by atoms with Gasteiger partial charge in [0, 0.05) is 18.7 Å². The Hall–Kier alpha value is -2.47. The minimum Gasteiger partial charge on any atom is -0.445 e. The van der Waals surface area contributed by atoms with E-state index >= 15 is 0 Å². The number of ether oxygens (including phenoxy) is 2. The molecule has 2 aliphatic heterocycles. The van der Waals surface area contributed by atoms with Crippen LogP contribution < -0.4 is 0 Å². The standard InChI is InChI=1S/C20H23N3O3/c1-14-12-21-22-18-15(2)26-20(17(14)18)8-10-23(11-9-20)19(24)25-13-16-6-4-3-5-7-16/h3-7,12,15H,8-11,13H2,1-2H3. The second-order valence-corrected chi connectivity index (χ2v) is 7.07. The van der Waals surface area contributed by atoms with Crippen molar-refractivity contribution in [2.24, 2.45) is 0 Å². The number of aromatic nitrogens is 2. The number of rotatable bonds is 2. The molecular formula is C20H23N3O3. The highest BCUT2D eigenvalue weighted by atomic mass is 16.6. The normalized spacial score (nSPS) is 20.8. The van der Waals surface area contributed by atoms with E-state index in [0.717, 1.165) is 35.2 Å². The summed E-state index contributed by atoms with van der Waals surface area (Å²) in [7, 11) is 0. The van der Waals surface area contributed by atoms with Crippen LogP contribution in [0.4, 0.5) is 4.79 Å². The molecule has 4 rings (SSSR count). The number of nitrogens with zero attached hydrogens (tertiary/aromatic N) is 3. The van der Waals surface area contributed by atoms with Gasteiger partial charge in [-0.25, -0.2) is 4.79 Å². The molecule has 0 N–H and O–H groups in total. The molecule has 0 radical (unpaired) electrons. The minimum absolute atomic E-state index is 0.0611. The van der Waals surface area contributed by atoms with E-state index in [1.54, 1.807) is 11.1 Å². The van der Waals surface area contributed by atoms with Crippen molar-refractivity contribution in [3.63, 3.8) is 0 Å². The molecule has 1 fully saturated rings. The number of aryl methyl sites for hydroxylation is 1. The fraction of sp³-hybridized carbons (Fsp3) is 0.450. The van der Waals surface area contributed by atoms with Crippen LogP contribution in [0.2, 0.25) is 0 Å². The van der Waals surface area contributed by atoms with E-state index in [2.05, 4.69) is 17.1 Å². The zero-order valence-electron chi connectivity index (χ0n) is 15.1. The molecule has 2 aromatic rings. The van der Waals surface area contributed by atoms with Crippen LogP contribution in [0, 0.1) is 6.92 Å². The van der Waals surface area contributed by atoms with Crippen molar-refractivity contribution in [3.8, 4) is 0 Å². The van der Waals surface area contributed by atoms with E-state index in [-0.39, 0.29) is 17.8 Å². The number of amides is 1. The molecular weight excluding hydrogens is 330 g/mol. The third kappa shape index (κ3) is 2.94. The molecule has 1 amide bonds. The van der Waals surface area contributed by atoms with Crippen LogP contribution in [-0.2, 0) is 21.7 Å². The Morgan fingerprint density at radius 2 is 2.04 bits per heavy atom. The van der Waals surface area contributed by atoms with Crippen molar-refractivity contribution < 1.29 is 14.3 Å². The summed E-state index contributed by atoms with van der Waals surface area (Å²) in [5.74, 6) is 0. The summed E-state index contributed by atoms with van der Waals surface area (Å²) in [5, 5.41) is 8.35. The molecule has 3 heterocycles. The van der Waals surface area contributed by atoms with Crippen molar-refractivity contribution in [1.29, 1.82) is 0 Å². The van der Waals surface area contributed by atoms with Crippen LogP contribution in [0.3, 0.4) is 0 Å². The molecule has 1 saturated heterocycles. The maximum Gasteiger partial charge on any atom is 0.410 e. The zero-order valence-corrected chi connectivity index (χ0v) is 15.1. The van der Waals surface area contributed by atoms with Crippen molar-refractivity contribution in [1.82, 2.24) is 15.1 Å². The summed E-state index contributed by atoms with van der Waals surface area (Å²) in [5.41, 5.74) is 3.85. The molecule has 1 aromatic carbocycles. The molecule has 0 bridgehead atoms. The molecule has 1 spiro atoms. The zero-order chi connectivity index (χ0) is 18.1. The lowest BCUT2D eigenvalue weighted by Crippen LogP contribution is -2.45. The quantitative estimate of drug-likeness (QED) is 0.827. The van der Waals surface area contributed by atoms with Crippen molar-refractivity contribution in [2.45, 2.75) is 45.0 Å². The van der Waals surface area contributed by atoms with E-state index in [1.165, 1.54) is 0 Å². The van der Waals surface area contributed by atoms with Gasteiger partial charge in [-0.3, -0.25) is 0 Å². The first kappa shape index (κ1) is 17.0. The van der Waals surface area contributed by atoms with Gasteiger partial charge in [-0.1, -0.05) is 30.3 Å². The van der Waals surface area contributed by atoms with Crippen molar-refractivity contribution >= 4 is 6.09 Å². The lowest BCUT2D eigenvalue weighted by molar-refractivity contribution is -0.102. The number of hydrogen-bond acceptors (Lipinski definition) is 5. The average molecular weight is 353 g/mol. The Morgan fingerprint density at radius 1 is 1.31 bits per heavy atom. The highest BCUT2D eigenvalue weighted by Gasteiger charge is 2.48. The molecule has 0 aliphatic carbocycles. The van der Waals surface area contributed by atoms with Crippen LogP contribution >= 0.6 is 0 Å². The van der Waals surface area contributed by atoms with Crippen LogP contribution in [0.5, 0.6) is 0 Å². The van der Waals surface area contributed by atoms with Crippen LogP contribution in [0.25, 0.3) is 0 Å². The van der Waals surface area contributed by atoms with E-state index in [9.17, 15) is 4.79 Å². The van der Waals surface area contributed by atoms with Gasteiger partial charge in [0.1, 0.15) is 12.7 Å². The van der Waals surface area contributed by atoms with Gasteiger partial charge in [0.15, 0.2) is 0 Å². The molecule has 26 heavy (non-hydrogen) atoms. The Kier molecular flexibility index (Phi) is 4.36. The van der Waals surface area contributed by atoms with Gasteiger partial charge < -0.3 is 14.4 Å². The highest BCUT2D eigenvalue weighted by molar-refractivity contribution is 5.67. The summed E-state index contributed by atoms with van der Waals surface area (Å²) in [6.07, 6.45) is 2.96. The van der Waals surface area contributed by atoms with E-state index < -0.39 is 0 Å². The molecule has 0 saturated carbocycles. The van der Waals surface area contributed by atoms with Gasteiger partial charge in [0.2, 0.25) is 0 Å². The lowest BCUT2D eigenvalue weighted by atomic mass is 9.83. The number of fused-ring (bicyclic) bond motifs is 2. The van der Waals surface area contributed by atoms with Crippen LogP contribution in [0.1, 0.15) is 48.3 Å². The molecule has 1 atom stereocenters. The van der Waals surface area contributed by atoms with Crippen molar-refractivity contribution in [2.75, 3.05) is 13.1 Å². The van der Waals surface area contributed by atoms with Gasteiger partial charge in [-0.2, -0.15) is 10.2 Å². The fourth-order valence-electron chi connectivity index (χ4n) is 4.05. The SMILES string of the molecule is Cc1cnnc2c1C1(CCN(C(=O)OCc3ccccc3)CC1)OC2C. The number of piperidine rings is 1. The first-order chi connectivity index (χ1) is 12.6. The lowest BCUT2D eigenvalue weighted by Gasteiger charge is -2.39. The van der Waals surface area contributed by atoms with Gasteiger partial charge in [0.05, 0.1) is 17.5 Å². The predicted molar refractivity (Wildman–Crippen MR) is 95.4 cm³/mol. The molecule has 6 nitrogen and oxygen atoms in total. The molecule has 1 unspecified atom stereocenters. The molecule has 6 heteroatoms. The van der Waals surface area contributed by atoms with Crippen LogP contribution in [0.15, 0.2) is 36.5 Å². The summed E-state index contributed by atoms with van der Waals surface area (Å²) in [6.45, 7) is 5.59. The van der Waals surface area contributed by atoms with Gasteiger partial charge in [-0.05, 0) is 37.8 Å². The van der Waals surface area contributed by atoms with E-state index in [1.807, 2.05) is 37.3 Å². The predicted octanol–water partition coefficient (Wildman–Crippen LogP) is 3.50. The van der Waals surface area contributed by atoms with E-state index in [4.69, 9.17) is 9.47 Å².